The van der Waals surface area contributed by atoms with Crippen molar-refractivity contribution in [2.75, 3.05) is 24.6 Å². The van der Waals surface area contributed by atoms with Gasteiger partial charge in [0.1, 0.15) is 5.75 Å². The molecule has 1 saturated carbocycles. The molecule has 0 N–H and O–H groups in total. The van der Waals surface area contributed by atoms with E-state index >= 15 is 0 Å². The SMILES string of the molecule is CCOc1ccccc1C(=O)N1CCCCCCCCN(C(=O)C2CC2)c2ccccc2C1. The van der Waals surface area contributed by atoms with Gasteiger partial charge < -0.3 is 14.5 Å². The molecule has 33 heavy (non-hydrogen) atoms. The van der Waals surface area contributed by atoms with Gasteiger partial charge in [-0.25, -0.2) is 0 Å². The third-order valence-electron chi connectivity index (χ3n) is 6.60. The van der Waals surface area contributed by atoms with Gasteiger partial charge in [-0.3, -0.25) is 9.59 Å². The van der Waals surface area contributed by atoms with E-state index < -0.39 is 0 Å². The van der Waals surface area contributed by atoms with Crippen LogP contribution in [0.5, 0.6) is 5.75 Å². The second-order valence-electron chi connectivity index (χ2n) is 9.17. The molecular formula is C28H36N2O3. The molecule has 1 heterocycles. The topological polar surface area (TPSA) is 49.9 Å². The molecule has 2 aliphatic rings. The molecule has 0 radical (unpaired) electrons. The van der Waals surface area contributed by atoms with E-state index in [4.69, 9.17) is 4.74 Å². The number of hydrogen-bond acceptors (Lipinski definition) is 3. The fourth-order valence-corrected chi connectivity index (χ4v) is 4.64. The summed E-state index contributed by atoms with van der Waals surface area (Å²) in [5.74, 6) is 1.04. The lowest BCUT2D eigenvalue weighted by Crippen LogP contribution is -2.36. The zero-order valence-corrected chi connectivity index (χ0v) is 19.8. The zero-order valence-electron chi connectivity index (χ0n) is 19.8. The van der Waals surface area contributed by atoms with Crippen LogP contribution in [0, 0.1) is 5.92 Å². The summed E-state index contributed by atoms with van der Waals surface area (Å²) in [5.41, 5.74) is 2.60. The first-order valence-corrected chi connectivity index (χ1v) is 12.6. The number of hydrogen-bond donors (Lipinski definition) is 0. The highest BCUT2D eigenvalue weighted by Gasteiger charge is 2.34. The van der Waals surface area contributed by atoms with Gasteiger partial charge in [0, 0.05) is 31.2 Å². The number of amides is 2. The molecule has 1 aliphatic heterocycles. The van der Waals surface area contributed by atoms with Crippen molar-refractivity contribution < 1.29 is 14.3 Å². The normalized spacial score (nSPS) is 17.8. The predicted octanol–water partition coefficient (Wildman–Crippen LogP) is 5.82. The third-order valence-corrected chi connectivity index (χ3v) is 6.60. The molecule has 176 valence electrons. The molecule has 0 aromatic heterocycles. The Morgan fingerprint density at radius 2 is 1.55 bits per heavy atom. The standard InChI is InChI=1S/C28H36N2O3/c1-2-33-26-16-10-8-14-24(26)28(32)29-19-11-5-3-4-6-12-20-30(27(31)22-17-18-22)25-15-9-7-13-23(25)21-29/h7-10,13-16,22H,2-6,11-12,17-21H2,1H3. The molecule has 2 aromatic rings. The predicted molar refractivity (Wildman–Crippen MR) is 132 cm³/mol. The lowest BCUT2D eigenvalue weighted by molar-refractivity contribution is -0.119. The van der Waals surface area contributed by atoms with Gasteiger partial charge in [-0.05, 0) is 56.4 Å². The van der Waals surface area contributed by atoms with E-state index in [1.165, 1.54) is 12.8 Å². The van der Waals surface area contributed by atoms with Gasteiger partial charge in [0.2, 0.25) is 5.91 Å². The number of carbonyl (C=O) groups is 2. The van der Waals surface area contributed by atoms with Crippen LogP contribution < -0.4 is 9.64 Å². The van der Waals surface area contributed by atoms with Crippen LogP contribution in [-0.4, -0.2) is 36.4 Å². The Morgan fingerprint density at radius 3 is 2.30 bits per heavy atom. The summed E-state index contributed by atoms with van der Waals surface area (Å²) in [6, 6.07) is 15.6. The van der Waals surface area contributed by atoms with E-state index in [2.05, 4.69) is 6.07 Å². The maximum atomic E-state index is 13.7. The number of anilines is 1. The maximum Gasteiger partial charge on any atom is 0.257 e. The monoisotopic (exact) mass is 448 g/mol. The van der Waals surface area contributed by atoms with E-state index in [-0.39, 0.29) is 17.7 Å². The Bertz CT molecular complexity index is 954. The molecule has 0 bridgehead atoms. The van der Waals surface area contributed by atoms with Crippen molar-refractivity contribution in [3.63, 3.8) is 0 Å². The Kier molecular flexibility index (Phi) is 8.03. The van der Waals surface area contributed by atoms with Crippen LogP contribution in [0.2, 0.25) is 0 Å². The molecule has 5 nitrogen and oxygen atoms in total. The van der Waals surface area contributed by atoms with E-state index in [9.17, 15) is 9.59 Å². The number of carbonyl (C=O) groups excluding carboxylic acids is 2. The van der Waals surface area contributed by atoms with E-state index in [0.717, 1.165) is 56.3 Å². The van der Waals surface area contributed by atoms with Gasteiger partial charge in [-0.2, -0.15) is 0 Å². The summed E-state index contributed by atoms with van der Waals surface area (Å²) in [5, 5.41) is 0. The van der Waals surface area contributed by atoms with Crippen LogP contribution in [0.25, 0.3) is 0 Å². The van der Waals surface area contributed by atoms with Crippen molar-refractivity contribution >= 4 is 17.5 Å². The van der Waals surface area contributed by atoms with Crippen molar-refractivity contribution in [2.24, 2.45) is 5.92 Å². The van der Waals surface area contributed by atoms with Crippen LogP contribution in [0.4, 0.5) is 5.69 Å². The second-order valence-corrected chi connectivity index (χ2v) is 9.17. The number of ether oxygens (including phenoxy) is 1. The molecule has 2 aromatic carbocycles. The Balaban J connectivity index is 1.66. The van der Waals surface area contributed by atoms with Crippen LogP contribution in [0.3, 0.4) is 0 Å². The lowest BCUT2D eigenvalue weighted by atomic mass is 10.1. The van der Waals surface area contributed by atoms with Gasteiger partial charge >= 0.3 is 0 Å². The number of fused-ring (bicyclic) bond motifs is 1. The first-order chi connectivity index (χ1) is 16.2. The first kappa shape index (κ1) is 23.3. The van der Waals surface area contributed by atoms with Gasteiger partial charge in [0.05, 0.1) is 12.2 Å². The summed E-state index contributed by atoms with van der Waals surface area (Å²) >= 11 is 0. The first-order valence-electron chi connectivity index (χ1n) is 12.6. The van der Waals surface area contributed by atoms with Crippen LogP contribution in [0.1, 0.15) is 74.2 Å². The quantitative estimate of drug-likeness (QED) is 0.592. The van der Waals surface area contributed by atoms with Crippen LogP contribution in [-0.2, 0) is 11.3 Å². The van der Waals surface area contributed by atoms with Gasteiger partial charge in [-0.15, -0.1) is 0 Å². The molecule has 4 rings (SSSR count). The molecule has 0 saturated heterocycles. The highest BCUT2D eigenvalue weighted by molar-refractivity contribution is 5.98. The maximum absolute atomic E-state index is 13.7. The largest absolute Gasteiger partial charge is 0.493 e. The molecule has 1 fully saturated rings. The van der Waals surface area contributed by atoms with Gasteiger partial charge in [-0.1, -0.05) is 56.0 Å². The molecule has 5 heteroatoms. The van der Waals surface area contributed by atoms with E-state index in [1.54, 1.807) is 0 Å². The summed E-state index contributed by atoms with van der Waals surface area (Å²) in [6.45, 7) is 4.40. The van der Waals surface area contributed by atoms with Crippen molar-refractivity contribution in [2.45, 2.75) is 64.8 Å². The van der Waals surface area contributed by atoms with Crippen molar-refractivity contribution in [3.05, 3.63) is 59.7 Å². The van der Waals surface area contributed by atoms with Crippen molar-refractivity contribution in [3.8, 4) is 5.75 Å². The minimum absolute atomic E-state index is 0.0104. The highest BCUT2D eigenvalue weighted by atomic mass is 16.5. The average molecular weight is 449 g/mol. The number of para-hydroxylation sites is 2. The minimum atomic E-state index is -0.0104. The summed E-state index contributed by atoms with van der Waals surface area (Å²) in [7, 11) is 0. The second kappa shape index (κ2) is 11.4. The molecular weight excluding hydrogens is 412 g/mol. The lowest BCUT2D eigenvalue weighted by Gasteiger charge is -2.29. The molecule has 0 unspecified atom stereocenters. The van der Waals surface area contributed by atoms with Crippen LogP contribution >= 0.6 is 0 Å². The Labute approximate surface area is 197 Å². The number of benzene rings is 2. The molecule has 0 spiro atoms. The summed E-state index contributed by atoms with van der Waals surface area (Å²) in [6.07, 6.45) is 8.60. The average Bonchev–Trinajstić information content (AvgIpc) is 3.68. The number of rotatable bonds is 4. The number of nitrogens with zero attached hydrogens (tertiary/aromatic N) is 2. The smallest absolute Gasteiger partial charge is 0.257 e. The fourth-order valence-electron chi connectivity index (χ4n) is 4.64. The summed E-state index contributed by atoms with van der Waals surface area (Å²) in [4.78, 5) is 30.8. The van der Waals surface area contributed by atoms with Crippen molar-refractivity contribution in [1.29, 1.82) is 0 Å². The fraction of sp³-hybridized carbons (Fsp3) is 0.500. The van der Waals surface area contributed by atoms with Crippen LogP contribution in [0.15, 0.2) is 48.5 Å². The Morgan fingerprint density at radius 1 is 0.879 bits per heavy atom. The Hall–Kier alpha value is -2.82. The molecule has 1 aliphatic carbocycles. The van der Waals surface area contributed by atoms with E-state index in [1.807, 2.05) is 59.2 Å². The van der Waals surface area contributed by atoms with Crippen molar-refractivity contribution in [1.82, 2.24) is 4.90 Å². The molecule has 2 amide bonds. The third kappa shape index (κ3) is 5.95. The zero-order chi connectivity index (χ0) is 23.0. The summed E-state index contributed by atoms with van der Waals surface area (Å²) < 4.78 is 5.75. The van der Waals surface area contributed by atoms with Gasteiger partial charge in [0.15, 0.2) is 0 Å². The molecule has 0 atom stereocenters. The highest BCUT2D eigenvalue weighted by Crippen LogP contribution is 2.34. The minimum Gasteiger partial charge on any atom is -0.493 e. The van der Waals surface area contributed by atoms with E-state index in [0.29, 0.717) is 31.0 Å². The van der Waals surface area contributed by atoms with Gasteiger partial charge in [0.25, 0.3) is 5.91 Å².